The molecule has 0 radical (unpaired) electrons. The molecule has 0 rings (SSSR count). The highest BCUT2D eigenvalue weighted by molar-refractivity contribution is 4.54. The van der Waals surface area contributed by atoms with Gasteiger partial charge in [-0.3, -0.25) is 0 Å². The second-order valence-corrected chi connectivity index (χ2v) is 7.52. The van der Waals surface area contributed by atoms with Crippen molar-refractivity contribution in [2.45, 2.75) is 110 Å². The molecular weight excluding hydrogens is 282 g/mol. The van der Waals surface area contributed by atoms with Gasteiger partial charge in [0.2, 0.25) is 0 Å². The molecule has 0 aliphatic carbocycles. The van der Waals surface area contributed by atoms with Gasteiger partial charge in [-0.1, -0.05) is 78.1 Å². The molecule has 0 aromatic carbocycles. The van der Waals surface area contributed by atoms with E-state index in [0.717, 1.165) is 19.5 Å². The van der Waals surface area contributed by atoms with Crippen LogP contribution in [0.25, 0.3) is 0 Å². The summed E-state index contributed by atoms with van der Waals surface area (Å²) in [5.74, 6) is 6.55. The Labute approximate surface area is 146 Å². The van der Waals surface area contributed by atoms with Gasteiger partial charge in [0.15, 0.2) is 0 Å². The van der Waals surface area contributed by atoms with E-state index in [4.69, 9.17) is 11.6 Å². The zero-order valence-corrected chi connectivity index (χ0v) is 16.5. The van der Waals surface area contributed by atoms with Gasteiger partial charge in [0.1, 0.15) is 6.04 Å². The quantitative estimate of drug-likeness (QED) is 0.168. The number of hydrogen-bond donors (Lipinski definition) is 2. The van der Waals surface area contributed by atoms with Gasteiger partial charge in [-0.05, 0) is 26.2 Å². The van der Waals surface area contributed by atoms with E-state index in [9.17, 15) is 0 Å². The third-order valence-corrected chi connectivity index (χ3v) is 5.29. The highest BCUT2D eigenvalue weighted by atomic mass is 15.6. The molecule has 3 nitrogen and oxygen atoms in total. The van der Waals surface area contributed by atoms with Crippen molar-refractivity contribution in [1.29, 1.82) is 0 Å². The maximum Gasteiger partial charge on any atom is 0.116 e. The summed E-state index contributed by atoms with van der Waals surface area (Å²) >= 11 is 0. The maximum absolute atomic E-state index is 6.55. The average Bonchev–Trinajstić information content (AvgIpc) is 2.55. The predicted octanol–water partition coefficient (Wildman–Crippen LogP) is 5.14. The van der Waals surface area contributed by atoms with E-state index in [1.54, 1.807) is 0 Å². The van der Waals surface area contributed by atoms with Crippen molar-refractivity contribution in [1.82, 2.24) is 0 Å². The Balaban J connectivity index is 3.50. The van der Waals surface area contributed by atoms with Crippen LogP contribution in [-0.4, -0.2) is 30.3 Å². The zero-order chi connectivity index (χ0) is 17.4. The first-order valence-electron chi connectivity index (χ1n) is 10.5. The molecule has 2 unspecified atom stereocenters. The lowest BCUT2D eigenvalue weighted by Gasteiger charge is -2.37. The van der Waals surface area contributed by atoms with E-state index in [1.807, 2.05) is 0 Å². The minimum atomic E-state index is 0.377. The lowest BCUT2D eigenvalue weighted by atomic mass is 10.0. The smallest absolute Gasteiger partial charge is 0.116 e. The standard InChI is InChI=1S/C20H46N3/c1-4-6-7-8-9-10-11-12-13-14-15-16-18-23(22,17-5-2)20(3)19-21/h20H,4-19,21-22H2,1-3H3/q+1. The molecule has 0 amide bonds. The molecule has 0 bridgehead atoms. The van der Waals surface area contributed by atoms with Crippen molar-refractivity contribution in [2.75, 3.05) is 19.6 Å². The number of quaternary nitrogens is 1. The number of nitrogens with zero attached hydrogens (tertiary/aromatic N) is 1. The fraction of sp³-hybridized carbons (Fsp3) is 1.00. The zero-order valence-electron chi connectivity index (χ0n) is 16.5. The van der Waals surface area contributed by atoms with Crippen LogP contribution in [0.3, 0.4) is 0 Å². The van der Waals surface area contributed by atoms with Gasteiger partial charge in [-0.15, -0.1) is 0 Å². The van der Waals surface area contributed by atoms with Crippen LogP contribution in [-0.2, 0) is 0 Å². The molecule has 0 saturated heterocycles. The largest absolute Gasteiger partial charge is 0.325 e. The molecule has 4 N–H and O–H groups in total. The first-order chi connectivity index (χ1) is 11.1. The minimum absolute atomic E-state index is 0.377. The van der Waals surface area contributed by atoms with E-state index in [1.165, 1.54) is 77.0 Å². The van der Waals surface area contributed by atoms with Crippen molar-refractivity contribution >= 4 is 0 Å². The maximum atomic E-state index is 6.55. The fourth-order valence-electron chi connectivity index (χ4n) is 3.43. The van der Waals surface area contributed by atoms with Crippen LogP contribution in [0.4, 0.5) is 0 Å². The molecule has 0 fully saturated rings. The predicted molar refractivity (Wildman–Crippen MR) is 104 cm³/mol. The van der Waals surface area contributed by atoms with Crippen LogP contribution in [0.5, 0.6) is 0 Å². The van der Waals surface area contributed by atoms with Crippen LogP contribution in [0.15, 0.2) is 0 Å². The van der Waals surface area contributed by atoms with E-state index in [0.29, 0.717) is 17.2 Å². The molecule has 0 aromatic heterocycles. The lowest BCUT2D eigenvalue weighted by molar-refractivity contribution is -0.959. The second kappa shape index (κ2) is 15.4. The normalized spacial score (nSPS) is 15.5. The van der Waals surface area contributed by atoms with Gasteiger partial charge in [-0.2, -0.15) is 5.84 Å². The van der Waals surface area contributed by atoms with Gasteiger partial charge in [0.25, 0.3) is 0 Å². The van der Waals surface area contributed by atoms with Crippen molar-refractivity contribution in [3.8, 4) is 0 Å². The third-order valence-electron chi connectivity index (χ3n) is 5.29. The van der Waals surface area contributed by atoms with E-state index < -0.39 is 0 Å². The van der Waals surface area contributed by atoms with Crippen LogP contribution < -0.4 is 11.6 Å². The number of unbranched alkanes of at least 4 members (excludes halogenated alkanes) is 11. The summed E-state index contributed by atoms with van der Waals surface area (Å²) in [5, 5.41) is 0. The van der Waals surface area contributed by atoms with Crippen molar-refractivity contribution in [3.63, 3.8) is 0 Å². The van der Waals surface area contributed by atoms with E-state index in [2.05, 4.69) is 20.8 Å². The molecule has 23 heavy (non-hydrogen) atoms. The highest BCUT2D eigenvalue weighted by Gasteiger charge is 2.27. The van der Waals surface area contributed by atoms with Crippen LogP contribution >= 0.6 is 0 Å². The Hall–Kier alpha value is -0.120. The van der Waals surface area contributed by atoms with Crippen molar-refractivity contribution in [2.24, 2.45) is 11.6 Å². The fourth-order valence-corrected chi connectivity index (χ4v) is 3.43. The molecule has 3 heteroatoms. The molecule has 2 atom stereocenters. The summed E-state index contributed by atoms with van der Waals surface area (Å²) in [6.07, 6.45) is 17.9. The average molecular weight is 329 g/mol. The second-order valence-electron chi connectivity index (χ2n) is 7.52. The van der Waals surface area contributed by atoms with Crippen molar-refractivity contribution < 1.29 is 4.59 Å². The Morgan fingerprint density at radius 3 is 1.48 bits per heavy atom. The van der Waals surface area contributed by atoms with Crippen LogP contribution in [0.2, 0.25) is 0 Å². The number of nitrogens with two attached hydrogens (primary N) is 2. The van der Waals surface area contributed by atoms with Gasteiger partial charge < -0.3 is 5.73 Å². The molecule has 0 aromatic rings. The van der Waals surface area contributed by atoms with Crippen LogP contribution in [0.1, 0.15) is 104 Å². The summed E-state index contributed by atoms with van der Waals surface area (Å²) in [6.45, 7) is 9.52. The summed E-state index contributed by atoms with van der Waals surface area (Å²) < 4.78 is 0.671. The summed E-state index contributed by atoms with van der Waals surface area (Å²) in [7, 11) is 0. The third kappa shape index (κ3) is 12.0. The molecule has 0 heterocycles. The van der Waals surface area contributed by atoms with E-state index in [-0.39, 0.29) is 0 Å². The first-order valence-corrected chi connectivity index (χ1v) is 10.5. The Kier molecular flexibility index (Phi) is 15.3. The van der Waals surface area contributed by atoms with Gasteiger partial charge in [0, 0.05) is 6.54 Å². The topological polar surface area (TPSA) is 52.0 Å². The monoisotopic (exact) mass is 328 g/mol. The molecule has 0 aliphatic heterocycles. The molecule has 0 saturated carbocycles. The Morgan fingerprint density at radius 2 is 1.09 bits per heavy atom. The molecule has 140 valence electrons. The highest BCUT2D eigenvalue weighted by Crippen LogP contribution is 2.14. The Bertz CT molecular complexity index is 245. The first kappa shape index (κ1) is 22.9. The summed E-state index contributed by atoms with van der Waals surface area (Å²) in [6, 6.07) is 0.377. The Morgan fingerprint density at radius 1 is 0.652 bits per heavy atom. The summed E-state index contributed by atoms with van der Waals surface area (Å²) in [4.78, 5) is 0. The number of rotatable bonds is 17. The van der Waals surface area contributed by atoms with Gasteiger partial charge >= 0.3 is 0 Å². The van der Waals surface area contributed by atoms with Gasteiger partial charge in [-0.25, -0.2) is 4.59 Å². The lowest BCUT2D eigenvalue weighted by Crippen LogP contribution is -2.62. The summed E-state index contributed by atoms with van der Waals surface area (Å²) in [5.41, 5.74) is 5.83. The van der Waals surface area contributed by atoms with Crippen LogP contribution in [0, 0.1) is 0 Å². The SMILES string of the molecule is CCCCCCCCCCCCCC[N+](N)(CCC)C(C)CN. The molecule has 0 spiro atoms. The minimum Gasteiger partial charge on any atom is -0.325 e. The van der Waals surface area contributed by atoms with Gasteiger partial charge in [0.05, 0.1) is 13.1 Å². The van der Waals surface area contributed by atoms with E-state index >= 15 is 0 Å². The molecule has 0 aliphatic rings. The van der Waals surface area contributed by atoms with Crippen molar-refractivity contribution in [3.05, 3.63) is 0 Å². The molecular formula is C20H46N3+. The number of hydrogen-bond acceptors (Lipinski definition) is 2.